The Labute approximate surface area is 154 Å². The predicted molar refractivity (Wildman–Crippen MR) is 91.8 cm³/mol. The van der Waals surface area contributed by atoms with Crippen molar-refractivity contribution in [2.45, 2.75) is 26.1 Å². The van der Waals surface area contributed by atoms with Gasteiger partial charge < -0.3 is 14.8 Å². The first kappa shape index (κ1) is 19.8. The van der Waals surface area contributed by atoms with Crippen molar-refractivity contribution >= 4 is 17.6 Å². The number of nitriles is 1. The number of carbonyl (C=O) groups is 2. The molecule has 1 amide bonds. The molecule has 0 unspecified atom stereocenters. The molecule has 0 saturated carbocycles. The lowest BCUT2D eigenvalue weighted by Gasteiger charge is -2.18. The average molecular weight is 374 g/mol. The van der Waals surface area contributed by atoms with E-state index in [0.29, 0.717) is 11.3 Å². The van der Waals surface area contributed by atoms with Crippen molar-refractivity contribution in [3.05, 3.63) is 59.7 Å². The van der Waals surface area contributed by atoms with Gasteiger partial charge in [-0.1, -0.05) is 0 Å². The number of anilines is 1. The summed E-state index contributed by atoms with van der Waals surface area (Å²) in [7, 11) is 0. The van der Waals surface area contributed by atoms with Crippen LogP contribution in [0.2, 0.25) is 0 Å². The molecule has 0 radical (unpaired) electrons. The van der Waals surface area contributed by atoms with Gasteiger partial charge in [0.2, 0.25) is 0 Å². The number of benzene rings is 2. The zero-order chi connectivity index (χ0) is 20.0. The van der Waals surface area contributed by atoms with E-state index in [1.807, 2.05) is 6.07 Å². The van der Waals surface area contributed by atoms with Crippen LogP contribution in [0.3, 0.4) is 0 Å². The quantitative estimate of drug-likeness (QED) is 0.785. The summed E-state index contributed by atoms with van der Waals surface area (Å²) < 4.78 is 37.1. The van der Waals surface area contributed by atoms with Crippen LogP contribution in [0, 0.1) is 23.0 Å². The molecular formula is C19H16F2N2O4. The van der Waals surface area contributed by atoms with Gasteiger partial charge in [0.15, 0.2) is 12.2 Å². The van der Waals surface area contributed by atoms with Crippen molar-refractivity contribution in [3.63, 3.8) is 0 Å². The summed E-state index contributed by atoms with van der Waals surface area (Å²) in [5.74, 6) is -2.83. The minimum Gasteiger partial charge on any atom is -0.479 e. The number of carbonyl (C=O) groups excluding carboxylic acids is 2. The maximum absolute atomic E-state index is 13.6. The highest BCUT2D eigenvalue weighted by Gasteiger charge is 2.24. The fourth-order valence-electron chi connectivity index (χ4n) is 2.01. The lowest BCUT2D eigenvalue weighted by atomic mass is 10.2. The van der Waals surface area contributed by atoms with E-state index in [4.69, 9.17) is 14.7 Å². The first-order valence-electron chi connectivity index (χ1n) is 7.93. The van der Waals surface area contributed by atoms with Gasteiger partial charge in [0.1, 0.15) is 17.4 Å². The Morgan fingerprint density at radius 3 is 2.37 bits per heavy atom. The smallest absolute Gasteiger partial charge is 0.347 e. The third-order valence-corrected chi connectivity index (χ3v) is 3.48. The van der Waals surface area contributed by atoms with Crippen molar-refractivity contribution in [3.8, 4) is 11.8 Å². The van der Waals surface area contributed by atoms with E-state index in [1.165, 1.54) is 38.1 Å². The number of nitrogens with one attached hydrogen (secondary N) is 1. The second kappa shape index (κ2) is 8.76. The molecule has 2 aromatic carbocycles. The predicted octanol–water partition coefficient (Wildman–Crippen LogP) is 3.17. The van der Waals surface area contributed by atoms with Crippen LogP contribution in [0.5, 0.6) is 5.75 Å². The largest absolute Gasteiger partial charge is 0.479 e. The third kappa shape index (κ3) is 5.51. The fraction of sp³-hybridized carbons (Fsp3) is 0.211. The van der Waals surface area contributed by atoms with Crippen LogP contribution < -0.4 is 10.1 Å². The first-order chi connectivity index (χ1) is 12.8. The van der Waals surface area contributed by atoms with Crippen molar-refractivity contribution in [1.82, 2.24) is 0 Å². The van der Waals surface area contributed by atoms with Crippen LogP contribution >= 0.6 is 0 Å². The molecule has 0 aliphatic carbocycles. The van der Waals surface area contributed by atoms with Gasteiger partial charge in [-0.05, 0) is 50.2 Å². The molecule has 2 atom stereocenters. The van der Waals surface area contributed by atoms with Gasteiger partial charge in [-0.15, -0.1) is 0 Å². The van der Waals surface area contributed by atoms with Crippen molar-refractivity contribution in [2.24, 2.45) is 0 Å². The number of hydrogen-bond acceptors (Lipinski definition) is 5. The average Bonchev–Trinajstić information content (AvgIpc) is 2.65. The molecule has 0 heterocycles. The summed E-state index contributed by atoms with van der Waals surface area (Å²) in [6.45, 7) is 2.72. The Kier molecular flexibility index (Phi) is 6.44. The number of ether oxygens (including phenoxy) is 2. The second-order valence-electron chi connectivity index (χ2n) is 5.59. The number of esters is 1. The normalized spacial score (nSPS) is 12.4. The Bertz CT molecular complexity index is 878. The molecule has 2 rings (SSSR count). The molecule has 27 heavy (non-hydrogen) atoms. The lowest BCUT2D eigenvalue weighted by molar-refractivity contribution is -0.159. The lowest BCUT2D eigenvalue weighted by Crippen LogP contribution is -2.35. The molecule has 1 N–H and O–H groups in total. The summed E-state index contributed by atoms with van der Waals surface area (Å²) >= 11 is 0. The number of hydrogen-bond donors (Lipinski definition) is 1. The highest BCUT2D eigenvalue weighted by molar-refractivity contribution is 5.95. The van der Waals surface area contributed by atoms with Crippen LogP contribution in [0.4, 0.5) is 14.5 Å². The van der Waals surface area contributed by atoms with E-state index >= 15 is 0 Å². The standard InChI is InChI=1S/C19H16F2N2O4/c1-11(18(24)23-17-9-14(20)5-8-16(17)21)27-19(25)12(2)26-15-6-3-13(10-22)4-7-15/h3-9,11-12H,1-2H3,(H,23,24)/t11-,12+/m0/s1. The first-order valence-corrected chi connectivity index (χ1v) is 7.93. The number of nitrogens with zero attached hydrogens (tertiary/aromatic N) is 1. The van der Waals surface area contributed by atoms with Crippen LogP contribution in [-0.2, 0) is 14.3 Å². The Morgan fingerprint density at radius 2 is 1.74 bits per heavy atom. The Hall–Kier alpha value is -3.47. The molecule has 140 valence electrons. The summed E-state index contributed by atoms with van der Waals surface area (Å²) in [5, 5.41) is 10.9. The molecule has 0 spiro atoms. The summed E-state index contributed by atoms with van der Waals surface area (Å²) in [4.78, 5) is 24.1. The van der Waals surface area contributed by atoms with Crippen molar-refractivity contribution in [1.29, 1.82) is 5.26 Å². The molecule has 0 aliphatic heterocycles. The maximum atomic E-state index is 13.6. The second-order valence-corrected chi connectivity index (χ2v) is 5.59. The molecular weight excluding hydrogens is 358 g/mol. The van der Waals surface area contributed by atoms with Gasteiger partial charge in [0.25, 0.3) is 5.91 Å². The van der Waals surface area contributed by atoms with Crippen LogP contribution in [0.1, 0.15) is 19.4 Å². The molecule has 0 fully saturated rings. The van der Waals surface area contributed by atoms with E-state index in [2.05, 4.69) is 5.32 Å². The minimum atomic E-state index is -1.26. The molecule has 2 aromatic rings. The number of halogens is 2. The Morgan fingerprint density at radius 1 is 1.07 bits per heavy atom. The summed E-state index contributed by atoms with van der Waals surface area (Å²) in [6, 6.07) is 10.6. The highest BCUT2D eigenvalue weighted by atomic mass is 19.1. The highest BCUT2D eigenvalue weighted by Crippen LogP contribution is 2.17. The van der Waals surface area contributed by atoms with Gasteiger partial charge in [-0.2, -0.15) is 5.26 Å². The molecule has 0 aliphatic rings. The van der Waals surface area contributed by atoms with Gasteiger partial charge in [-0.25, -0.2) is 13.6 Å². The molecule has 6 nitrogen and oxygen atoms in total. The zero-order valence-electron chi connectivity index (χ0n) is 14.5. The van der Waals surface area contributed by atoms with Crippen LogP contribution in [-0.4, -0.2) is 24.1 Å². The number of amides is 1. The summed E-state index contributed by atoms with van der Waals surface area (Å²) in [5.41, 5.74) is 0.0808. The van der Waals surface area contributed by atoms with Gasteiger partial charge in [-0.3, -0.25) is 4.79 Å². The molecule has 0 saturated heterocycles. The Balaban J connectivity index is 1.92. The number of rotatable bonds is 6. The molecule has 0 bridgehead atoms. The maximum Gasteiger partial charge on any atom is 0.347 e. The van der Waals surface area contributed by atoms with E-state index in [-0.39, 0.29) is 5.69 Å². The van der Waals surface area contributed by atoms with Crippen LogP contribution in [0.25, 0.3) is 0 Å². The van der Waals surface area contributed by atoms with E-state index in [1.54, 1.807) is 0 Å². The monoisotopic (exact) mass is 374 g/mol. The van der Waals surface area contributed by atoms with E-state index < -0.39 is 35.7 Å². The van der Waals surface area contributed by atoms with Gasteiger partial charge >= 0.3 is 5.97 Å². The van der Waals surface area contributed by atoms with Crippen molar-refractivity contribution in [2.75, 3.05) is 5.32 Å². The van der Waals surface area contributed by atoms with Crippen molar-refractivity contribution < 1.29 is 27.8 Å². The van der Waals surface area contributed by atoms with Gasteiger partial charge in [0, 0.05) is 6.07 Å². The molecule has 8 heteroatoms. The van der Waals surface area contributed by atoms with Crippen LogP contribution in [0.15, 0.2) is 42.5 Å². The molecule has 0 aromatic heterocycles. The van der Waals surface area contributed by atoms with Gasteiger partial charge in [0.05, 0.1) is 17.3 Å². The van der Waals surface area contributed by atoms with E-state index in [0.717, 1.165) is 18.2 Å². The zero-order valence-corrected chi connectivity index (χ0v) is 14.5. The fourth-order valence-corrected chi connectivity index (χ4v) is 2.01. The summed E-state index contributed by atoms with van der Waals surface area (Å²) in [6.07, 6.45) is -2.29. The van der Waals surface area contributed by atoms with E-state index in [9.17, 15) is 18.4 Å². The minimum absolute atomic E-state index is 0.345. The SMILES string of the molecule is C[C@H](OC(=O)[C@@H](C)Oc1ccc(C#N)cc1)C(=O)Nc1cc(F)ccc1F. The topological polar surface area (TPSA) is 88.4 Å². The third-order valence-electron chi connectivity index (χ3n) is 3.48.